The molecule has 1 aliphatic carbocycles. The Hall–Kier alpha value is -4.11. The third kappa shape index (κ3) is 3.60. The molecule has 0 saturated carbocycles. The fraction of sp³-hybridized carbons (Fsp3) is 0.250. The highest BCUT2D eigenvalue weighted by Gasteiger charge is 2.51. The summed E-state index contributed by atoms with van der Waals surface area (Å²) >= 11 is 0. The second-order valence-corrected chi connectivity index (χ2v) is 8.88. The fourth-order valence-corrected chi connectivity index (χ4v) is 5.39. The molecule has 6 nitrogen and oxygen atoms in total. The first-order chi connectivity index (χ1) is 16.5. The summed E-state index contributed by atoms with van der Waals surface area (Å²) in [7, 11) is 0. The number of carbonyl (C=O) groups is 2. The average molecular weight is 453 g/mol. The zero-order chi connectivity index (χ0) is 23.7. The van der Waals surface area contributed by atoms with Crippen molar-refractivity contribution in [1.82, 2.24) is 4.90 Å². The van der Waals surface area contributed by atoms with Crippen molar-refractivity contribution in [1.29, 1.82) is 5.26 Å². The van der Waals surface area contributed by atoms with Crippen LogP contribution in [0.1, 0.15) is 41.0 Å². The second-order valence-electron chi connectivity index (χ2n) is 8.88. The molecular weight excluding hydrogens is 428 g/mol. The SMILES string of the molecule is N#Cc1cccc(C[C@]2(C(=O)O)CCCN2C(=O)OCC2c3ccccc3-c3ccccc32)c1. The lowest BCUT2D eigenvalue weighted by molar-refractivity contribution is -0.148. The maximum Gasteiger partial charge on any atom is 0.410 e. The number of fused-ring (bicyclic) bond motifs is 3. The lowest BCUT2D eigenvalue weighted by Crippen LogP contribution is -2.54. The second kappa shape index (κ2) is 8.68. The van der Waals surface area contributed by atoms with E-state index in [2.05, 4.69) is 18.2 Å². The third-order valence-electron chi connectivity index (χ3n) is 7.00. The number of hydrogen-bond donors (Lipinski definition) is 1. The van der Waals surface area contributed by atoms with E-state index in [0.29, 0.717) is 30.5 Å². The summed E-state index contributed by atoms with van der Waals surface area (Å²) in [5.74, 6) is -1.15. The van der Waals surface area contributed by atoms with Crippen molar-refractivity contribution < 1.29 is 19.4 Å². The molecule has 6 heteroatoms. The molecule has 1 saturated heterocycles. The van der Waals surface area contributed by atoms with Gasteiger partial charge in [-0.15, -0.1) is 0 Å². The number of carboxylic acid groups (broad SMARTS) is 1. The van der Waals surface area contributed by atoms with Gasteiger partial charge < -0.3 is 9.84 Å². The number of amides is 1. The number of likely N-dealkylation sites (tertiary alicyclic amines) is 1. The number of nitrogens with zero attached hydrogens (tertiary/aromatic N) is 2. The Bertz CT molecular complexity index is 1270. The predicted molar refractivity (Wildman–Crippen MR) is 126 cm³/mol. The Labute approximate surface area is 198 Å². The van der Waals surface area contributed by atoms with E-state index in [1.54, 1.807) is 24.3 Å². The molecule has 5 rings (SSSR count). The van der Waals surface area contributed by atoms with Crippen molar-refractivity contribution in [2.45, 2.75) is 30.7 Å². The number of nitriles is 1. The Morgan fingerprint density at radius 3 is 2.35 bits per heavy atom. The topological polar surface area (TPSA) is 90.6 Å². The van der Waals surface area contributed by atoms with Crippen LogP contribution in [0.3, 0.4) is 0 Å². The minimum absolute atomic E-state index is 0.0921. The third-order valence-corrected chi connectivity index (χ3v) is 7.00. The van der Waals surface area contributed by atoms with E-state index in [1.807, 2.05) is 36.4 Å². The lowest BCUT2D eigenvalue weighted by Gasteiger charge is -2.34. The molecule has 1 atom stereocenters. The molecule has 0 unspecified atom stereocenters. The van der Waals surface area contributed by atoms with Crippen molar-refractivity contribution in [3.63, 3.8) is 0 Å². The number of hydrogen-bond acceptors (Lipinski definition) is 4. The average Bonchev–Trinajstić information content (AvgIpc) is 3.43. The predicted octanol–water partition coefficient (Wildman–Crippen LogP) is 4.97. The monoisotopic (exact) mass is 452 g/mol. The van der Waals surface area contributed by atoms with Crippen LogP contribution in [0.25, 0.3) is 11.1 Å². The van der Waals surface area contributed by atoms with Gasteiger partial charge in [0.1, 0.15) is 12.1 Å². The largest absolute Gasteiger partial charge is 0.479 e. The van der Waals surface area contributed by atoms with Gasteiger partial charge in [-0.25, -0.2) is 9.59 Å². The maximum absolute atomic E-state index is 13.2. The Balaban J connectivity index is 1.38. The van der Waals surface area contributed by atoms with Gasteiger partial charge in [-0.05, 0) is 52.8 Å². The molecule has 1 heterocycles. The molecule has 0 aromatic heterocycles. The summed E-state index contributed by atoms with van der Waals surface area (Å²) in [6, 6.07) is 25.1. The van der Waals surface area contributed by atoms with Gasteiger partial charge in [0.25, 0.3) is 0 Å². The highest BCUT2D eigenvalue weighted by molar-refractivity contribution is 5.86. The van der Waals surface area contributed by atoms with E-state index in [9.17, 15) is 20.0 Å². The first-order valence-electron chi connectivity index (χ1n) is 11.4. The van der Waals surface area contributed by atoms with Crippen LogP contribution < -0.4 is 0 Å². The van der Waals surface area contributed by atoms with E-state index in [-0.39, 0.29) is 18.9 Å². The van der Waals surface area contributed by atoms with Gasteiger partial charge in [0.05, 0.1) is 11.6 Å². The summed E-state index contributed by atoms with van der Waals surface area (Å²) in [4.78, 5) is 27.1. The van der Waals surface area contributed by atoms with Crippen LogP contribution in [-0.4, -0.2) is 40.8 Å². The summed E-state index contributed by atoms with van der Waals surface area (Å²) in [5, 5.41) is 19.4. The lowest BCUT2D eigenvalue weighted by atomic mass is 9.88. The van der Waals surface area contributed by atoms with E-state index < -0.39 is 17.6 Å². The summed E-state index contributed by atoms with van der Waals surface area (Å²) < 4.78 is 5.78. The van der Waals surface area contributed by atoms with Gasteiger partial charge in [0, 0.05) is 18.9 Å². The van der Waals surface area contributed by atoms with Gasteiger partial charge in [0.15, 0.2) is 0 Å². The van der Waals surface area contributed by atoms with Crippen LogP contribution in [0, 0.1) is 11.3 Å². The van der Waals surface area contributed by atoms with Crippen molar-refractivity contribution in [2.75, 3.05) is 13.2 Å². The first-order valence-corrected chi connectivity index (χ1v) is 11.4. The van der Waals surface area contributed by atoms with Crippen LogP contribution in [0.5, 0.6) is 0 Å². The van der Waals surface area contributed by atoms with Crippen LogP contribution in [0.15, 0.2) is 72.8 Å². The van der Waals surface area contributed by atoms with Crippen molar-refractivity contribution in [3.8, 4) is 17.2 Å². The normalized spacial score (nSPS) is 18.7. The highest BCUT2D eigenvalue weighted by atomic mass is 16.6. The van der Waals surface area contributed by atoms with Gasteiger partial charge in [-0.2, -0.15) is 5.26 Å². The van der Waals surface area contributed by atoms with E-state index in [4.69, 9.17) is 4.74 Å². The molecule has 3 aromatic rings. The van der Waals surface area contributed by atoms with E-state index >= 15 is 0 Å². The Kier molecular flexibility index (Phi) is 5.54. The molecule has 2 aliphatic rings. The number of carbonyl (C=O) groups excluding carboxylic acids is 1. The molecule has 0 radical (unpaired) electrons. The van der Waals surface area contributed by atoms with Gasteiger partial charge in [0.2, 0.25) is 0 Å². The van der Waals surface area contributed by atoms with Crippen LogP contribution >= 0.6 is 0 Å². The van der Waals surface area contributed by atoms with Crippen molar-refractivity contribution in [2.24, 2.45) is 0 Å². The molecule has 1 aliphatic heterocycles. The summed E-state index contributed by atoms with van der Waals surface area (Å²) in [6.45, 7) is 0.462. The first kappa shape index (κ1) is 21.7. The van der Waals surface area contributed by atoms with Crippen molar-refractivity contribution in [3.05, 3.63) is 95.1 Å². The number of carboxylic acids is 1. The van der Waals surface area contributed by atoms with Crippen molar-refractivity contribution >= 4 is 12.1 Å². The molecule has 1 amide bonds. The Morgan fingerprint density at radius 1 is 1.03 bits per heavy atom. The van der Waals surface area contributed by atoms with Gasteiger partial charge in [-0.1, -0.05) is 60.7 Å². The number of aliphatic carboxylic acids is 1. The molecule has 3 aromatic carbocycles. The minimum Gasteiger partial charge on any atom is -0.479 e. The quantitative estimate of drug-likeness (QED) is 0.590. The zero-order valence-corrected chi connectivity index (χ0v) is 18.6. The van der Waals surface area contributed by atoms with Crippen LogP contribution in [-0.2, 0) is 16.0 Å². The van der Waals surface area contributed by atoms with Crippen LogP contribution in [0.4, 0.5) is 4.79 Å². The molecule has 170 valence electrons. The molecule has 0 bridgehead atoms. The molecule has 34 heavy (non-hydrogen) atoms. The highest BCUT2D eigenvalue weighted by Crippen LogP contribution is 2.44. The number of rotatable bonds is 5. The summed E-state index contributed by atoms with van der Waals surface area (Å²) in [5.41, 5.74) is 4.27. The minimum atomic E-state index is -1.39. The summed E-state index contributed by atoms with van der Waals surface area (Å²) in [6.07, 6.45) is 0.429. The van der Waals surface area contributed by atoms with Crippen LogP contribution in [0.2, 0.25) is 0 Å². The van der Waals surface area contributed by atoms with E-state index in [1.165, 1.54) is 4.90 Å². The van der Waals surface area contributed by atoms with Gasteiger partial charge >= 0.3 is 12.1 Å². The molecule has 1 N–H and O–H groups in total. The molecule has 0 spiro atoms. The number of benzene rings is 3. The smallest absolute Gasteiger partial charge is 0.410 e. The zero-order valence-electron chi connectivity index (χ0n) is 18.6. The molecule has 1 fully saturated rings. The van der Waals surface area contributed by atoms with E-state index in [0.717, 1.165) is 22.3 Å². The number of ether oxygens (including phenoxy) is 1. The Morgan fingerprint density at radius 2 is 1.71 bits per heavy atom. The molecular formula is C28H24N2O4. The fourth-order valence-electron chi connectivity index (χ4n) is 5.39. The van der Waals surface area contributed by atoms with Gasteiger partial charge in [-0.3, -0.25) is 4.90 Å². The standard InChI is InChI=1S/C28H24N2O4/c29-17-20-8-5-7-19(15-20)16-28(26(31)32)13-6-14-30(28)27(33)34-18-25-23-11-3-1-9-21(23)22-10-2-4-12-24(22)25/h1-5,7-12,15,25H,6,13-14,16,18H2,(H,31,32)/t28-/m0/s1. The maximum atomic E-state index is 13.2.